The van der Waals surface area contributed by atoms with Crippen LogP contribution in [0.1, 0.15) is 44.6 Å². The van der Waals surface area contributed by atoms with Crippen LogP contribution in [0.3, 0.4) is 0 Å². The van der Waals surface area contributed by atoms with Gasteiger partial charge in [-0.1, -0.05) is 38.3 Å². The van der Waals surface area contributed by atoms with Crippen LogP contribution >= 0.6 is 0 Å². The Hall–Kier alpha value is -1.55. The fraction of sp³-hybridized carbons (Fsp3) is 0.588. The van der Waals surface area contributed by atoms with Crippen LogP contribution in [0.5, 0.6) is 0 Å². The molecule has 1 aliphatic carbocycles. The van der Waals surface area contributed by atoms with Crippen molar-refractivity contribution in [3.05, 3.63) is 29.8 Å². The molecular formula is C17H27N3O. The van der Waals surface area contributed by atoms with Gasteiger partial charge in [0.25, 0.3) is 0 Å². The van der Waals surface area contributed by atoms with Crippen molar-refractivity contribution in [3.63, 3.8) is 0 Å². The first-order chi connectivity index (χ1) is 10.2. The normalized spacial score (nSPS) is 21.8. The molecule has 0 atom stereocenters. The van der Waals surface area contributed by atoms with Crippen molar-refractivity contribution in [2.45, 2.75) is 45.6 Å². The highest BCUT2D eigenvalue weighted by atomic mass is 16.2. The Morgan fingerprint density at radius 2 is 1.76 bits per heavy atom. The molecule has 1 fully saturated rings. The molecule has 0 bridgehead atoms. The summed E-state index contributed by atoms with van der Waals surface area (Å²) < 4.78 is 0. The summed E-state index contributed by atoms with van der Waals surface area (Å²) >= 11 is 0. The van der Waals surface area contributed by atoms with Gasteiger partial charge in [0.1, 0.15) is 0 Å². The Kier molecular flexibility index (Phi) is 6.05. The number of carbonyl (C=O) groups excluding carboxylic acids is 1. The second-order valence-corrected chi connectivity index (χ2v) is 6.03. The molecule has 116 valence electrons. The van der Waals surface area contributed by atoms with Gasteiger partial charge in [-0.25, -0.2) is 4.79 Å². The first kappa shape index (κ1) is 15.8. The number of hydrogen-bond acceptors (Lipinski definition) is 2. The maximum absolute atomic E-state index is 11.9. The number of rotatable bonds is 5. The molecular weight excluding hydrogens is 262 g/mol. The number of carbonyl (C=O) groups is 1. The van der Waals surface area contributed by atoms with Crippen molar-refractivity contribution in [3.8, 4) is 0 Å². The molecule has 4 nitrogen and oxygen atoms in total. The van der Waals surface area contributed by atoms with E-state index in [4.69, 9.17) is 5.73 Å². The molecule has 0 unspecified atom stereocenters. The monoisotopic (exact) mass is 289 g/mol. The van der Waals surface area contributed by atoms with Crippen LogP contribution in [-0.4, -0.2) is 12.6 Å². The summed E-state index contributed by atoms with van der Waals surface area (Å²) in [4.78, 5) is 11.9. The quantitative estimate of drug-likeness (QED) is 0.777. The van der Waals surface area contributed by atoms with E-state index in [2.05, 4.69) is 17.6 Å². The smallest absolute Gasteiger partial charge is 0.319 e. The maximum Gasteiger partial charge on any atom is 0.319 e. The highest BCUT2D eigenvalue weighted by molar-refractivity contribution is 5.89. The van der Waals surface area contributed by atoms with E-state index in [1.165, 1.54) is 32.1 Å². The van der Waals surface area contributed by atoms with Crippen LogP contribution in [0.2, 0.25) is 0 Å². The molecule has 0 heterocycles. The fourth-order valence-corrected chi connectivity index (χ4v) is 2.98. The van der Waals surface area contributed by atoms with Crippen molar-refractivity contribution in [1.82, 2.24) is 5.32 Å². The van der Waals surface area contributed by atoms with E-state index in [1.807, 2.05) is 24.3 Å². The number of hydrogen-bond donors (Lipinski definition) is 3. The fourth-order valence-electron chi connectivity index (χ4n) is 2.98. The van der Waals surface area contributed by atoms with E-state index in [9.17, 15) is 4.79 Å². The molecule has 0 radical (unpaired) electrons. The van der Waals surface area contributed by atoms with Crippen LogP contribution in [0, 0.1) is 11.8 Å². The van der Waals surface area contributed by atoms with E-state index < -0.39 is 0 Å². The average molecular weight is 289 g/mol. The number of anilines is 1. The van der Waals surface area contributed by atoms with Crippen LogP contribution in [-0.2, 0) is 6.54 Å². The van der Waals surface area contributed by atoms with E-state index in [0.29, 0.717) is 12.5 Å². The lowest BCUT2D eigenvalue weighted by Gasteiger charge is -2.27. The first-order valence-corrected chi connectivity index (χ1v) is 8.05. The molecule has 4 N–H and O–H groups in total. The Labute approximate surface area is 127 Å². The SMILES string of the molecule is CCC1CCC(CNC(=O)Nc2ccc(CN)cc2)CC1. The minimum atomic E-state index is -0.117. The predicted octanol–water partition coefficient (Wildman–Crippen LogP) is 3.48. The summed E-state index contributed by atoms with van der Waals surface area (Å²) in [5.41, 5.74) is 7.42. The van der Waals surface area contributed by atoms with Gasteiger partial charge in [-0.05, 0) is 42.4 Å². The summed E-state index contributed by atoms with van der Waals surface area (Å²) in [5, 5.41) is 5.85. The van der Waals surface area contributed by atoms with Crippen molar-refractivity contribution in [2.75, 3.05) is 11.9 Å². The zero-order valence-corrected chi connectivity index (χ0v) is 12.9. The number of nitrogens with one attached hydrogen (secondary N) is 2. The Morgan fingerprint density at radius 3 is 2.33 bits per heavy atom. The molecule has 0 aliphatic heterocycles. The van der Waals surface area contributed by atoms with Gasteiger partial charge in [-0.2, -0.15) is 0 Å². The summed E-state index contributed by atoms with van der Waals surface area (Å²) in [6.07, 6.45) is 6.39. The molecule has 1 aromatic carbocycles. The maximum atomic E-state index is 11.9. The number of amides is 2. The van der Waals surface area contributed by atoms with E-state index >= 15 is 0 Å². The lowest BCUT2D eigenvalue weighted by molar-refractivity contribution is 0.239. The first-order valence-electron chi connectivity index (χ1n) is 8.05. The van der Waals surface area contributed by atoms with E-state index in [-0.39, 0.29) is 6.03 Å². The highest BCUT2D eigenvalue weighted by Gasteiger charge is 2.20. The predicted molar refractivity (Wildman–Crippen MR) is 87.1 cm³/mol. The molecule has 21 heavy (non-hydrogen) atoms. The molecule has 2 rings (SSSR count). The molecule has 0 aromatic heterocycles. The Bertz CT molecular complexity index is 436. The van der Waals surface area contributed by atoms with Gasteiger partial charge in [-0.15, -0.1) is 0 Å². The highest BCUT2D eigenvalue weighted by Crippen LogP contribution is 2.30. The number of urea groups is 1. The van der Waals surface area contributed by atoms with Crippen LogP contribution < -0.4 is 16.4 Å². The molecule has 4 heteroatoms. The summed E-state index contributed by atoms with van der Waals surface area (Å²) in [7, 11) is 0. The molecule has 1 saturated carbocycles. The van der Waals surface area contributed by atoms with Crippen molar-refractivity contribution in [2.24, 2.45) is 17.6 Å². The molecule has 1 aromatic rings. The van der Waals surface area contributed by atoms with Crippen molar-refractivity contribution in [1.29, 1.82) is 0 Å². The molecule has 0 spiro atoms. The van der Waals surface area contributed by atoms with Gasteiger partial charge >= 0.3 is 6.03 Å². The Balaban J connectivity index is 1.69. The van der Waals surface area contributed by atoms with Gasteiger partial charge in [0.2, 0.25) is 0 Å². The van der Waals surface area contributed by atoms with Crippen molar-refractivity contribution < 1.29 is 4.79 Å². The summed E-state index contributed by atoms with van der Waals surface area (Å²) in [6.45, 7) is 3.57. The third-order valence-electron chi connectivity index (χ3n) is 4.54. The third-order valence-corrected chi connectivity index (χ3v) is 4.54. The van der Waals surface area contributed by atoms with E-state index in [0.717, 1.165) is 23.7 Å². The average Bonchev–Trinajstić information content (AvgIpc) is 2.54. The minimum Gasteiger partial charge on any atom is -0.338 e. The number of nitrogens with two attached hydrogens (primary N) is 1. The molecule has 1 aliphatic rings. The van der Waals surface area contributed by atoms with Gasteiger partial charge in [0.15, 0.2) is 0 Å². The number of benzene rings is 1. The lowest BCUT2D eigenvalue weighted by Crippen LogP contribution is -2.34. The summed E-state index contributed by atoms with van der Waals surface area (Å²) in [6, 6.07) is 7.51. The Morgan fingerprint density at radius 1 is 1.14 bits per heavy atom. The van der Waals surface area contributed by atoms with Gasteiger partial charge in [-0.3, -0.25) is 0 Å². The van der Waals surface area contributed by atoms with Crippen LogP contribution in [0.4, 0.5) is 10.5 Å². The standard InChI is InChI=1S/C17H27N3O/c1-2-13-3-5-15(6-4-13)12-19-17(21)20-16-9-7-14(11-18)8-10-16/h7-10,13,15H,2-6,11-12,18H2,1H3,(H2,19,20,21). The topological polar surface area (TPSA) is 67.2 Å². The largest absolute Gasteiger partial charge is 0.338 e. The zero-order valence-electron chi connectivity index (χ0n) is 12.9. The van der Waals surface area contributed by atoms with Crippen LogP contribution in [0.15, 0.2) is 24.3 Å². The zero-order chi connectivity index (χ0) is 15.1. The van der Waals surface area contributed by atoms with Crippen LogP contribution in [0.25, 0.3) is 0 Å². The van der Waals surface area contributed by atoms with E-state index in [1.54, 1.807) is 0 Å². The van der Waals surface area contributed by atoms with Gasteiger partial charge < -0.3 is 16.4 Å². The second-order valence-electron chi connectivity index (χ2n) is 6.03. The van der Waals surface area contributed by atoms with Crippen molar-refractivity contribution >= 4 is 11.7 Å². The van der Waals surface area contributed by atoms with Gasteiger partial charge in [0.05, 0.1) is 0 Å². The third kappa shape index (κ3) is 5.05. The van der Waals surface area contributed by atoms with Gasteiger partial charge in [0, 0.05) is 18.8 Å². The summed E-state index contributed by atoms with van der Waals surface area (Å²) in [5.74, 6) is 1.54. The minimum absolute atomic E-state index is 0.117. The second kappa shape index (κ2) is 8.03. The lowest BCUT2D eigenvalue weighted by atomic mass is 9.81. The molecule has 2 amide bonds. The molecule has 0 saturated heterocycles.